The highest BCUT2D eigenvalue weighted by molar-refractivity contribution is 5.77. The predicted molar refractivity (Wildman–Crippen MR) is 66.9 cm³/mol. The van der Waals surface area contributed by atoms with Crippen LogP contribution >= 0.6 is 0 Å². The van der Waals surface area contributed by atoms with Crippen LogP contribution in [0.4, 0.5) is 0 Å². The average molecular weight is 240 g/mol. The van der Waals surface area contributed by atoms with Gasteiger partial charge >= 0.3 is 0 Å². The smallest absolute Gasteiger partial charge is 0.233 e. The summed E-state index contributed by atoms with van der Waals surface area (Å²) in [6.45, 7) is 3.93. The molecule has 1 atom stereocenters. The minimum atomic E-state index is 0.0967. The van der Waals surface area contributed by atoms with E-state index in [1.165, 1.54) is 25.7 Å². The van der Waals surface area contributed by atoms with Crippen molar-refractivity contribution in [2.45, 2.75) is 57.1 Å². The van der Waals surface area contributed by atoms with E-state index in [-0.39, 0.29) is 11.5 Å². The lowest BCUT2D eigenvalue weighted by atomic mass is 9.89. The van der Waals surface area contributed by atoms with Crippen molar-refractivity contribution in [2.24, 2.45) is 0 Å². The summed E-state index contributed by atoms with van der Waals surface area (Å²) in [7, 11) is 0. The number of likely N-dealkylation sites (N-methyl/N-ethyl adjacent to an activating group) is 1. The first-order valence-corrected chi connectivity index (χ1v) is 6.88. The van der Waals surface area contributed by atoms with Gasteiger partial charge in [0.25, 0.3) is 0 Å². The summed E-state index contributed by atoms with van der Waals surface area (Å²) in [5, 5.41) is 6.18. The molecule has 1 saturated heterocycles. The lowest BCUT2D eigenvalue weighted by Gasteiger charge is -2.38. The van der Waals surface area contributed by atoms with Gasteiger partial charge in [-0.1, -0.05) is 12.8 Å². The van der Waals surface area contributed by atoms with Gasteiger partial charge in [0, 0.05) is 19.2 Å². The number of amides is 1. The maximum Gasteiger partial charge on any atom is 0.233 e. The molecule has 2 aliphatic rings. The number of ether oxygens (including phenoxy) is 1. The van der Waals surface area contributed by atoms with Crippen LogP contribution in [-0.4, -0.2) is 37.2 Å². The summed E-state index contributed by atoms with van der Waals surface area (Å²) in [5.74, 6) is 0.0967. The van der Waals surface area contributed by atoms with Crippen LogP contribution in [0.2, 0.25) is 0 Å². The Bertz CT molecular complexity index is 262. The van der Waals surface area contributed by atoms with Gasteiger partial charge in [-0.15, -0.1) is 0 Å². The number of hydrogen-bond acceptors (Lipinski definition) is 3. The number of nitrogens with one attached hydrogen (secondary N) is 2. The second kappa shape index (κ2) is 5.83. The maximum atomic E-state index is 11.4. The first-order valence-electron chi connectivity index (χ1n) is 6.88. The molecule has 1 unspecified atom stereocenters. The van der Waals surface area contributed by atoms with Crippen LogP contribution in [0.1, 0.15) is 45.4 Å². The molecule has 2 N–H and O–H groups in total. The molecule has 1 saturated carbocycles. The largest absolute Gasteiger partial charge is 0.375 e. The van der Waals surface area contributed by atoms with Gasteiger partial charge in [0.2, 0.25) is 5.91 Å². The molecule has 98 valence electrons. The molecule has 0 radical (unpaired) electrons. The molecule has 1 aliphatic heterocycles. The van der Waals surface area contributed by atoms with Crippen molar-refractivity contribution in [3.8, 4) is 0 Å². The third-order valence-electron chi connectivity index (χ3n) is 3.93. The van der Waals surface area contributed by atoms with Gasteiger partial charge < -0.3 is 15.4 Å². The summed E-state index contributed by atoms with van der Waals surface area (Å²) < 4.78 is 5.97. The first-order chi connectivity index (χ1) is 8.24. The minimum absolute atomic E-state index is 0.0967. The van der Waals surface area contributed by atoms with Crippen LogP contribution in [0.3, 0.4) is 0 Å². The topological polar surface area (TPSA) is 50.4 Å². The van der Waals surface area contributed by atoms with E-state index in [1.807, 2.05) is 6.92 Å². The lowest BCUT2D eigenvalue weighted by Crippen LogP contribution is -2.48. The zero-order valence-electron chi connectivity index (χ0n) is 10.8. The highest BCUT2D eigenvalue weighted by Gasteiger charge is 2.39. The van der Waals surface area contributed by atoms with E-state index in [2.05, 4.69) is 10.6 Å². The predicted octanol–water partition coefficient (Wildman–Crippen LogP) is 1.20. The van der Waals surface area contributed by atoms with Crippen molar-refractivity contribution in [2.75, 3.05) is 19.7 Å². The third kappa shape index (κ3) is 3.42. The van der Waals surface area contributed by atoms with Crippen LogP contribution in [0.25, 0.3) is 0 Å². The molecule has 0 aromatic heterocycles. The van der Waals surface area contributed by atoms with E-state index in [9.17, 15) is 4.79 Å². The number of hydrogen-bond donors (Lipinski definition) is 2. The molecule has 2 fully saturated rings. The molecule has 4 heteroatoms. The fraction of sp³-hybridized carbons (Fsp3) is 0.923. The van der Waals surface area contributed by atoms with Gasteiger partial charge in [-0.05, 0) is 32.6 Å². The van der Waals surface area contributed by atoms with E-state index in [1.54, 1.807) is 0 Å². The van der Waals surface area contributed by atoms with E-state index >= 15 is 0 Å². The lowest BCUT2D eigenvalue weighted by molar-refractivity contribution is -0.121. The summed E-state index contributed by atoms with van der Waals surface area (Å²) in [6.07, 6.45) is 7.10. The molecule has 1 spiro atoms. The summed E-state index contributed by atoms with van der Waals surface area (Å²) in [6, 6.07) is 0.449. The van der Waals surface area contributed by atoms with Crippen LogP contribution in [-0.2, 0) is 9.53 Å². The van der Waals surface area contributed by atoms with Crippen molar-refractivity contribution >= 4 is 5.91 Å². The van der Waals surface area contributed by atoms with Gasteiger partial charge in [0.05, 0.1) is 12.1 Å². The van der Waals surface area contributed by atoms with E-state index in [0.717, 1.165) is 19.4 Å². The van der Waals surface area contributed by atoms with Crippen LogP contribution < -0.4 is 10.6 Å². The molecule has 4 nitrogen and oxygen atoms in total. The van der Waals surface area contributed by atoms with Gasteiger partial charge in [-0.3, -0.25) is 4.79 Å². The van der Waals surface area contributed by atoms with Gasteiger partial charge in [0.1, 0.15) is 0 Å². The van der Waals surface area contributed by atoms with E-state index in [0.29, 0.717) is 19.1 Å². The zero-order valence-corrected chi connectivity index (χ0v) is 10.8. The van der Waals surface area contributed by atoms with Crippen LogP contribution in [0.5, 0.6) is 0 Å². The summed E-state index contributed by atoms with van der Waals surface area (Å²) >= 11 is 0. The molecule has 2 rings (SSSR count). The van der Waals surface area contributed by atoms with Gasteiger partial charge in [-0.2, -0.15) is 0 Å². The third-order valence-corrected chi connectivity index (χ3v) is 3.93. The Hall–Kier alpha value is -0.610. The second-order valence-corrected chi connectivity index (χ2v) is 5.26. The monoisotopic (exact) mass is 240 g/mol. The van der Waals surface area contributed by atoms with Gasteiger partial charge in [0.15, 0.2) is 0 Å². The molecule has 0 aromatic rings. The molecular weight excluding hydrogens is 216 g/mol. The van der Waals surface area contributed by atoms with E-state index in [4.69, 9.17) is 4.74 Å². The Labute approximate surface area is 103 Å². The van der Waals surface area contributed by atoms with Crippen LogP contribution in [0.15, 0.2) is 0 Å². The Morgan fingerprint density at radius 1 is 1.41 bits per heavy atom. The summed E-state index contributed by atoms with van der Waals surface area (Å²) in [4.78, 5) is 11.4. The molecule has 1 aliphatic carbocycles. The maximum absolute atomic E-state index is 11.4. The van der Waals surface area contributed by atoms with Crippen molar-refractivity contribution in [3.05, 3.63) is 0 Å². The average Bonchev–Trinajstić information content (AvgIpc) is 2.75. The van der Waals surface area contributed by atoms with Crippen molar-refractivity contribution < 1.29 is 9.53 Å². The molecule has 1 heterocycles. The van der Waals surface area contributed by atoms with Crippen molar-refractivity contribution in [3.63, 3.8) is 0 Å². The molecule has 1 amide bonds. The normalized spacial score (nSPS) is 27.2. The molecule has 17 heavy (non-hydrogen) atoms. The highest BCUT2D eigenvalue weighted by Crippen LogP contribution is 2.39. The number of rotatable bonds is 4. The fourth-order valence-corrected chi connectivity index (χ4v) is 3.07. The molecule has 0 bridgehead atoms. The fourth-order valence-electron chi connectivity index (χ4n) is 3.07. The van der Waals surface area contributed by atoms with Gasteiger partial charge in [-0.25, -0.2) is 0 Å². The SMILES string of the molecule is CCNC(=O)CNC1CCOC2(CCCC2)C1. The van der Waals surface area contributed by atoms with E-state index < -0.39 is 0 Å². The molecule has 0 aromatic carbocycles. The Balaban J connectivity index is 1.75. The Morgan fingerprint density at radius 2 is 2.18 bits per heavy atom. The zero-order chi connectivity index (χ0) is 12.1. The van der Waals surface area contributed by atoms with Crippen LogP contribution in [0, 0.1) is 0 Å². The quantitative estimate of drug-likeness (QED) is 0.776. The standard InChI is InChI=1S/C13H24N2O2/c1-2-14-12(16)10-15-11-5-8-17-13(9-11)6-3-4-7-13/h11,15H,2-10H2,1H3,(H,14,16). The summed E-state index contributed by atoms with van der Waals surface area (Å²) in [5.41, 5.74) is 0.136. The van der Waals surface area contributed by atoms with Crippen molar-refractivity contribution in [1.29, 1.82) is 0 Å². The minimum Gasteiger partial charge on any atom is -0.375 e. The molecular formula is C13H24N2O2. The van der Waals surface area contributed by atoms with Crippen molar-refractivity contribution in [1.82, 2.24) is 10.6 Å². The highest BCUT2D eigenvalue weighted by atomic mass is 16.5. The Morgan fingerprint density at radius 3 is 2.88 bits per heavy atom. The first kappa shape index (κ1) is 12.8. The number of carbonyl (C=O) groups excluding carboxylic acids is 1. The number of carbonyl (C=O) groups is 1. The Kier molecular flexibility index (Phi) is 4.40. The second-order valence-electron chi connectivity index (χ2n) is 5.26.